The van der Waals surface area contributed by atoms with E-state index in [9.17, 15) is 4.79 Å². The average molecular weight is 341 g/mol. The van der Waals surface area contributed by atoms with Crippen LogP contribution in [0.4, 0.5) is 11.4 Å². The zero-order valence-electron chi connectivity index (χ0n) is 12.3. The number of nitrogen functional groups attached to an aromatic ring is 1. The summed E-state index contributed by atoms with van der Waals surface area (Å²) in [6.45, 7) is 2.22. The van der Waals surface area contributed by atoms with E-state index in [2.05, 4.69) is 28.2 Å². The maximum absolute atomic E-state index is 11.8. The lowest BCUT2D eigenvalue weighted by Gasteiger charge is -2.07. The number of halogens is 1. The largest absolute Gasteiger partial charge is 0.398 e. The third-order valence-corrected chi connectivity index (χ3v) is 4.01. The summed E-state index contributed by atoms with van der Waals surface area (Å²) in [5, 5.41) is 2.88. The van der Waals surface area contributed by atoms with Crippen molar-refractivity contribution in [2.45, 2.75) is 58.3 Å². The quantitative estimate of drug-likeness (QED) is 0.484. The van der Waals surface area contributed by atoms with E-state index in [1.165, 1.54) is 32.1 Å². The second-order valence-electron chi connectivity index (χ2n) is 5.16. The Hall–Kier alpha value is -1.03. The number of anilines is 2. The number of nitrogens with two attached hydrogens (primary N) is 1. The third kappa shape index (κ3) is 6.94. The fourth-order valence-corrected chi connectivity index (χ4v) is 2.33. The fraction of sp³-hybridized carbons (Fsp3) is 0.562. The van der Waals surface area contributed by atoms with Crippen LogP contribution in [0.1, 0.15) is 58.3 Å². The molecule has 0 spiro atoms. The molecule has 20 heavy (non-hydrogen) atoms. The highest BCUT2D eigenvalue weighted by molar-refractivity contribution is 9.10. The number of hydrogen-bond acceptors (Lipinski definition) is 2. The summed E-state index contributed by atoms with van der Waals surface area (Å²) in [7, 11) is 0. The topological polar surface area (TPSA) is 55.1 Å². The molecule has 0 atom stereocenters. The highest BCUT2D eigenvalue weighted by Gasteiger charge is 2.03. The van der Waals surface area contributed by atoms with Crippen LogP contribution in [0, 0.1) is 0 Å². The predicted molar refractivity (Wildman–Crippen MR) is 89.8 cm³/mol. The van der Waals surface area contributed by atoms with E-state index in [1.807, 2.05) is 12.1 Å². The van der Waals surface area contributed by atoms with E-state index in [1.54, 1.807) is 6.07 Å². The molecule has 0 aliphatic heterocycles. The van der Waals surface area contributed by atoms with Gasteiger partial charge < -0.3 is 11.1 Å². The van der Waals surface area contributed by atoms with Gasteiger partial charge in [0.25, 0.3) is 0 Å². The Labute approximate surface area is 130 Å². The van der Waals surface area contributed by atoms with Crippen LogP contribution in [-0.2, 0) is 4.79 Å². The van der Waals surface area contributed by atoms with Gasteiger partial charge in [0.2, 0.25) is 5.91 Å². The van der Waals surface area contributed by atoms with E-state index < -0.39 is 0 Å². The van der Waals surface area contributed by atoms with Gasteiger partial charge in [-0.25, -0.2) is 0 Å². The Bertz CT molecular complexity index is 421. The van der Waals surface area contributed by atoms with Gasteiger partial charge in [-0.1, -0.05) is 45.4 Å². The Morgan fingerprint density at radius 2 is 1.80 bits per heavy atom. The third-order valence-electron chi connectivity index (χ3n) is 3.29. The average Bonchev–Trinajstić information content (AvgIpc) is 2.42. The van der Waals surface area contributed by atoms with Crippen LogP contribution in [-0.4, -0.2) is 5.91 Å². The molecule has 112 valence electrons. The summed E-state index contributed by atoms with van der Waals surface area (Å²) in [5.74, 6) is 0.0697. The lowest BCUT2D eigenvalue weighted by Crippen LogP contribution is -2.11. The smallest absolute Gasteiger partial charge is 0.224 e. The molecule has 3 N–H and O–H groups in total. The van der Waals surface area contributed by atoms with Crippen molar-refractivity contribution in [1.29, 1.82) is 0 Å². The van der Waals surface area contributed by atoms with E-state index >= 15 is 0 Å². The molecule has 0 bridgehead atoms. The predicted octanol–water partition coefficient (Wildman–Crippen LogP) is 5.11. The molecule has 0 heterocycles. The van der Waals surface area contributed by atoms with Gasteiger partial charge in [-0.3, -0.25) is 4.79 Å². The van der Waals surface area contributed by atoms with Crippen LogP contribution < -0.4 is 11.1 Å². The Balaban J connectivity index is 2.15. The second kappa shape index (κ2) is 9.81. The molecule has 0 aliphatic rings. The SMILES string of the molecule is CCCCCCCCCC(=O)Nc1ccc(Br)c(N)c1. The van der Waals surface area contributed by atoms with E-state index in [0.717, 1.165) is 23.0 Å². The molecular formula is C16H25BrN2O. The highest BCUT2D eigenvalue weighted by atomic mass is 79.9. The van der Waals surface area contributed by atoms with Gasteiger partial charge in [0.05, 0.1) is 0 Å². The molecule has 0 unspecified atom stereocenters. The lowest BCUT2D eigenvalue weighted by molar-refractivity contribution is -0.116. The minimum atomic E-state index is 0.0697. The van der Waals surface area contributed by atoms with Crippen molar-refractivity contribution in [1.82, 2.24) is 0 Å². The number of carbonyl (C=O) groups is 1. The summed E-state index contributed by atoms with van der Waals surface area (Å²) in [6.07, 6.45) is 9.13. The van der Waals surface area contributed by atoms with Crippen molar-refractivity contribution in [3.05, 3.63) is 22.7 Å². The summed E-state index contributed by atoms with van der Waals surface area (Å²) in [4.78, 5) is 11.8. The Morgan fingerprint density at radius 1 is 1.15 bits per heavy atom. The van der Waals surface area contributed by atoms with E-state index in [-0.39, 0.29) is 5.91 Å². The lowest BCUT2D eigenvalue weighted by atomic mass is 10.1. The molecule has 3 nitrogen and oxygen atoms in total. The first kappa shape index (κ1) is 17.0. The zero-order valence-corrected chi connectivity index (χ0v) is 13.8. The van der Waals surface area contributed by atoms with Gasteiger partial charge >= 0.3 is 0 Å². The summed E-state index contributed by atoms with van der Waals surface area (Å²) < 4.78 is 0.850. The van der Waals surface area contributed by atoms with Crippen LogP contribution in [0.2, 0.25) is 0 Å². The molecule has 0 fully saturated rings. The van der Waals surface area contributed by atoms with Crippen molar-refractivity contribution >= 4 is 33.2 Å². The molecule has 0 aliphatic carbocycles. The number of amides is 1. The molecule has 0 saturated heterocycles. The van der Waals surface area contributed by atoms with Gasteiger partial charge in [0.1, 0.15) is 0 Å². The molecule has 4 heteroatoms. The van der Waals surface area contributed by atoms with Crippen molar-refractivity contribution in [2.24, 2.45) is 0 Å². The van der Waals surface area contributed by atoms with Crippen molar-refractivity contribution in [3.8, 4) is 0 Å². The number of rotatable bonds is 9. The molecule has 1 amide bonds. The minimum absolute atomic E-state index is 0.0697. The normalized spacial score (nSPS) is 10.5. The van der Waals surface area contributed by atoms with Crippen LogP contribution in [0.5, 0.6) is 0 Å². The van der Waals surface area contributed by atoms with Crippen molar-refractivity contribution < 1.29 is 4.79 Å². The van der Waals surface area contributed by atoms with Crippen LogP contribution >= 0.6 is 15.9 Å². The first-order valence-corrected chi connectivity index (χ1v) is 8.27. The monoisotopic (exact) mass is 340 g/mol. The fourth-order valence-electron chi connectivity index (χ4n) is 2.09. The summed E-state index contributed by atoms with van der Waals surface area (Å²) in [6, 6.07) is 5.47. The first-order valence-electron chi connectivity index (χ1n) is 7.48. The van der Waals surface area contributed by atoms with Crippen LogP contribution in [0.15, 0.2) is 22.7 Å². The van der Waals surface area contributed by atoms with Gasteiger partial charge in [-0.05, 0) is 40.5 Å². The van der Waals surface area contributed by atoms with Gasteiger partial charge in [0.15, 0.2) is 0 Å². The maximum atomic E-state index is 11.8. The molecule has 1 aromatic carbocycles. The number of benzene rings is 1. The van der Waals surface area contributed by atoms with Gasteiger partial charge in [0, 0.05) is 22.3 Å². The molecular weight excluding hydrogens is 316 g/mol. The molecule has 0 aromatic heterocycles. The molecule has 1 rings (SSSR count). The number of unbranched alkanes of at least 4 members (excludes halogenated alkanes) is 6. The van der Waals surface area contributed by atoms with Crippen LogP contribution in [0.3, 0.4) is 0 Å². The summed E-state index contributed by atoms with van der Waals surface area (Å²) in [5.41, 5.74) is 7.18. The second-order valence-corrected chi connectivity index (χ2v) is 6.01. The number of hydrogen-bond donors (Lipinski definition) is 2. The summed E-state index contributed by atoms with van der Waals surface area (Å²) >= 11 is 3.33. The van der Waals surface area contributed by atoms with Crippen molar-refractivity contribution in [2.75, 3.05) is 11.1 Å². The van der Waals surface area contributed by atoms with E-state index in [4.69, 9.17) is 5.73 Å². The number of carbonyl (C=O) groups excluding carboxylic acids is 1. The van der Waals surface area contributed by atoms with Crippen LogP contribution in [0.25, 0.3) is 0 Å². The Kier molecular flexibility index (Phi) is 8.35. The maximum Gasteiger partial charge on any atom is 0.224 e. The minimum Gasteiger partial charge on any atom is -0.398 e. The standard InChI is InChI=1S/C16H25BrN2O/c1-2-3-4-5-6-7-8-9-16(20)19-13-10-11-14(17)15(18)12-13/h10-12H,2-9,18H2,1H3,(H,19,20). The molecule has 1 aromatic rings. The van der Waals surface area contributed by atoms with Crippen molar-refractivity contribution in [3.63, 3.8) is 0 Å². The van der Waals surface area contributed by atoms with Gasteiger partial charge in [-0.2, -0.15) is 0 Å². The molecule has 0 radical (unpaired) electrons. The first-order chi connectivity index (χ1) is 9.63. The molecule has 0 saturated carbocycles. The Morgan fingerprint density at radius 3 is 2.45 bits per heavy atom. The van der Waals surface area contributed by atoms with Gasteiger partial charge in [-0.15, -0.1) is 0 Å². The highest BCUT2D eigenvalue weighted by Crippen LogP contribution is 2.23. The number of nitrogens with one attached hydrogen (secondary N) is 1. The van der Waals surface area contributed by atoms with E-state index in [0.29, 0.717) is 12.1 Å². The zero-order chi connectivity index (χ0) is 14.8.